The van der Waals surface area contributed by atoms with E-state index < -0.39 is 17.8 Å². The van der Waals surface area contributed by atoms with Gasteiger partial charge < -0.3 is 14.8 Å². The number of benzene rings is 1. The Hall–Kier alpha value is -1.89. The van der Waals surface area contributed by atoms with Gasteiger partial charge in [-0.1, -0.05) is 46.3 Å². The van der Waals surface area contributed by atoms with Crippen LogP contribution in [0.5, 0.6) is 0 Å². The number of nitrogens with one attached hydrogen (secondary N) is 1. The van der Waals surface area contributed by atoms with Gasteiger partial charge in [0.1, 0.15) is 6.10 Å². The minimum atomic E-state index is -0.519. The molecule has 6 nitrogen and oxygen atoms in total. The molecular formula is C19H20BrNO5. The van der Waals surface area contributed by atoms with Crippen LogP contribution < -0.4 is 5.32 Å². The van der Waals surface area contributed by atoms with Crippen LogP contribution in [0.2, 0.25) is 0 Å². The van der Waals surface area contributed by atoms with E-state index in [9.17, 15) is 14.4 Å². The van der Waals surface area contributed by atoms with Gasteiger partial charge >= 0.3 is 11.9 Å². The zero-order chi connectivity index (χ0) is 18.4. The van der Waals surface area contributed by atoms with Gasteiger partial charge in [0.05, 0.1) is 22.7 Å². The maximum absolute atomic E-state index is 12.5. The maximum atomic E-state index is 12.5. The van der Waals surface area contributed by atoms with Crippen LogP contribution in [-0.2, 0) is 23.9 Å². The number of fused-ring (bicyclic) bond motifs is 1. The summed E-state index contributed by atoms with van der Waals surface area (Å²) in [6, 6.07) is 9.37. The molecule has 7 heteroatoms. The summed E-state index contributed by atoms with van der Waals surface area (Å²) in [7, 11) is 0. The largest absolute Gasteiger partial charge is 0.461 e. The van der Waals surface area contributed by atoms with Crippen molar-refractivity contribution in [2.75, 3.05) is 6.61 Å². The van der Waals surface area contributed by atoms with Gasteiger partial charge in [-0.05, 0) is 24.8 Å². The summed E-state index contributed by atoms with van der Waals surface area (Å²) in [6.07, 6.45) is 0.658. The molecule has 1 aliphatic heterocycles. The van der Waals surface area contributed by atoms with Crippen LogP contribution >= 0.6 is 15.9 Å². The number of carbonyl (C=O) groups excluding carboxylic acids is 3. The van der Waals surface area contributed by atoms with Gasteiger partial charge in [0.2, 0.25) is 0 Å². The van der Waals surface area contributed by atoms with E-state index >= 15 is 0 Å². The highest BCUT2D eigenvalue weighted by Gasteiger charge is 2.68. The Labute approximate surface area is 159 Å². The molecule has 1 aromatic carbocycles. The van der Waals surface area contributed by atoms with Crippen molar-refractivity contribution in [2.45, 2.75) is 30.3 Å². The third-order valence-electron chi connectivity index (χ3n) is 5.82. The Kier molecular flexibility index (Phi) is 4.50. The Morgan fingerprint density at radius 2 is 2.04 bits per heavy atom. The molecule has 26 heavy (non-hydrogen) atoms. The number of rotatable bonds is 5. The lowest BCUT2D eigenvalue weighted by Gasteiger charge is -2.26. The Morgan fingerprint density at radius 1 is 1.31 bits per heavy atom. The lowest BCUT2D eigenvalue weighted by Crippen LogP contribution is -2.40. The van der Waals surface area contributed by atoms with Crippen LogP contribution in [-0.4, -0.2) is 35.4 Å². The molecule has 3 aliphatic rings. The predicted molar refractivity (Wildman–Crippen MR) is 95.1 cm³/mol. The van der Waals surface area contributed by atoms with Crippen molar-refractivity contribution in [3.8, 4) is 0 Å². The third-order valence-corrected chi connectivity index (χ3v) is 7.02. The second-order valence-corrected chi connectivity index (χ2v) is 8.33. The standard InChI is InChI=1S/C19H20BrNO5/c1-9(10-5-3-2-4-6-10)21-13(22)8-25-18(23)14-11-7-12-15(14)19(24)26-17(12)16(11)20/h2-6,9,11-12,14-17H,7-8H2,1H3,(H,21,22)/t9-,11+,12+,14+,15+,16+,17-/m0/s1. The number of carbonyl (C=O) groups is 3. The maximum Gasteiger partial charge on any atom is 0.310 e. The Morgan fingerprint density at radius 3 is 2.77 bits per heavy atom. The fourth-order valence-corrected chi connectivity index (χ4v) is 5.68. The number of hydrogen-bond donors (Lipinski definition) is 1. The molecule has 4 rings (SSSR count). The van der Waals surface area contributed by atoms with Gasteiger partial charge in [-0.3, -0.25) is 14.4 Å². The van der Waals surface area contributed by atoms with Gasteiger partial charge in [0, 0.05) is 5.92 Å². The van der Waals surface area contributed by atoms with Gasteiger partial charge in [-0.2, -0.15) is 0 Å². The van der Waals surface area contributed by atoms with Crippen molar-refractivity contribution in [1.82, 2.24) is 5.32 Å². The van der Waals surface area contributed by atoms with Gasteiger partial charge in [0.15, 0.2) is 6.61 Å². The normalized spacial score (nSPS) is 35.1. The molecule has 0 aromatic heterocycles. The molecule has 1 heterocycles. The average Bonchev–Trinajstić information content (AvgIpc) is 3.24. The van der Waals surface area contributed by atoms with E-state index in [2.05, 4.69) is 21.2 Å². The molecule has 2 bridgehead atoms. The number of esters is 2. The predicted octanol–water partition coefficient (Wildman–Crippen LogP) is 1.98. The minimum absolute atomic E-state index is 0.0142. The lowest BCUT2D eigenvalue weighted by atomic mass is 9.80. The van der Waals surface area contributed by atoms with E-state index in [0.717, 1.165) is 12.0 Å². The molecule has 1 N–H and O–H groups in total. The molecule has 0 unspecified atom stereocenters. The van der Waals surface area contributed by atoms with Crippen molar-refractivity contribution < 1.29 is 23.9 Å². The summed E-state index contributed by atoms with van der Waals surface area (Å²) in [5.41, 5.74) is 0.974. The zero-order valence-electron chi connectivity index (χ0n) is 14.3. The molecule has 0 spiro atoms. The summed E-state index contributed by atoms with van der Waals surface area (Å²) >= 11 is 3.56. The third kappa shape index (κ3) is 2.82. The van der Waals surface area contributed by atoms with E-state index in [1.54, 1.807) is 0 Å². The van der Waals surface area contributed by atoms with Crippen molar-refractivity contribution in [3.63, 3.8) is 0 Å². The highest BCUT2D eigenvalue weighted by Crippen LogP contribution is 2.60. The van der Waals surface area contributed by atoms with Crippen LogP contribution in [0.4, 0.5) is 0 Å². The van der Waals surface area contributed by atoms with E-state index in [0.29, 0.717) is 0 Å². The van der Waals surface area contributed by atoms with Gasteiger partial charge in [-0.25, -0.2) is 0 Å². The smallest absolute Gasteiger partial charge is 0.310 e. The molecule has 1 saturated heterocycles. The number of ether oxygens (including phenoxy) is 2. The van der Waals surface area contributed by atoms with E-state index in [1.807, 2.05) is 37.3 Å². The molecule has 1 amide bonds. The molecule has 2 saturated carbocycles. The van der Waals surface area contributed by atoms with E-state index in [1.165, 1.54) is 0 Å². The zero-order valence-corrected chi connectivity index (χ0v) is 15.8. The van der Waals surface area contributed by atoms with E-state index in [4.69, 9.17) is 9.47 Å². The first-order valence-corrected chi connectivity index (χ1v) is 9.74. The van der Waals surface area contributed by atoms with Crippen molar-refractivity contribution in [3.05, 3.63) is 35.9 Å². The number of alkyl halides is 1. The van der Waals surface area contributed by atoms with Gasteiger partial charge in [0.25, 0.3) is 5.91 Å². The van der Waals surface area contributed by atoms with Gasteiger partial charge in [-0.15, -0.1) is 0 Å². The van der Waals surface area contributed by atoms with Crippen molar-refractivity contribution in [1.29, 1.82) is 0 Å². The molecule has 1 aromatic rings. The Balaban J connectivity index is 1.33. The first kappa shape index (κ1) is 17.5. The topological polar surface area (TPSA) is 81.7 Å². The average molecular weight is 422 g/mol. The fourth-order valence-electron chi connectivity index (χ4n) is 4.64. The molecule has 138 valence electrons. The fraction of sp³-hybridized carbons (Fsp3) is 0.526. The number of amides is 1. The lowest BCUT2D eigenvalue weighted by molar-refractivity contribution is -0.158. The van der Waals surface area contributed by atoms with E-state index in [-0.39, 0.29) is 47.3 Å². The molecular weight excluding hydrogens is 402 g/mol. The van der Waals surface area contributed by atoms with Crippen LogP contribution in [0, 0.1) is 23.7 Å². The second kappa shape index (κ2) is 6.68. The number of halogens is 1. The van der Waals surface area contributed by atoms with Crippen LogP contribution in [0.15, 0.2) is 30.3 Å². The second-order valence-electron chi connectivity index (χ2n) is 7.27. The van der Waals surface area contributed by atoms with Crippen LogP contribution in [0.1, 0.15) is 24.9 Å². The van der Waals surface area contributed by atoms with Crippen molar-refractivity contribution in [2.24, 2.45) is 23.7 Å². The minimum Gasteiger partial charge on any atom is -0.461 e. The summed E-state index contributed by atoms with van der Waals surface area (Å²) < 4.78 is 10.6. The highest BCUT2D eigenvalue weighted by atomic mass is 79.9. The summed E-state index contributed by atoms with van der Waals surface area (Å²) in [4.78, 5) is 36.7. The molecule has 0 radical (unpaired) electrons. The van der Waals surface area contributed by atoms with Crippen LogP contribution in [0.25, 0.3) is 0 Å². The molecule has 2 aliphatic carbocycles. The highest BCUT2D eigenvalue weighted by molar-refractivity contribution is 9.09. The first-order chi connectivity index (χ1) is 12.5. The molecule has 7 atom stereocenters. The first-order valence-electron chi connectivity index (χ1n) is 8.83. The molecule has 3 fully saturated rings. The monoisotopic (exact) mass is 421 g/mol. The van der Waals surface area contributed by atoms with Crippen LogP contribution in [0.3, 0.4) is 0 Å². The number of hydrogen-bond acceptors (Lipinski definition) is 5. The SMILES string of the molecule is C[C@H](NC(=O)COC(=O)[C@@H]1[C@H]2C[C@H]3[C@H](OC(=O)[C@H]31)[C@@H]2Br)c1ccccc1. The van der Waals surface area contributed by atoms with Crippen molar-refractivity contribution >= 4 is 33.8 Å². The summed E-state index contributed by atoms with van der Waals surface area (Å²) in [5, 5.41) is 2.81. The summed E-state index contributed by atoms with van der Waals surface area (Å²) in [6.45, 7) is 1.52. The Bertz CT molecular complexity index is 739. The quantitative estimate of drug-likeness (QED) is 0.580. The summed E-state index contributed by atoms with van der Waals surface area (Å²) in [5.74, 6) is -1.98.